The summed E-state index contributed by atoms with van der Waals surface area (Å²) in [4.78, 5) is 11.8. The fourth-order valence-corrected chi connectivity index (χ4v) is 2.19. The molecule has 1 aliphatic carbocycles. The van der Waals surface area contributed by atoms with Crippen molar-refractivity contribution in [2.75, 3.05) is 12.3 Å². The van der Waals surface area contributed by atoms with Crippen molar-refractivity contribution >= 4 is 23.2 Å². The molecule has 92 valence electrons. The number of benzene rings is 1. The maximum Gasteiger partial charge on any atom is 0.253 e. The second kappa shape index (κ2) is 5.41. The molecule has 3 nitrogen and oxygen atoms in total. The van der Waals surface area contributed by atoms with E-state index < -0.39 is 0 Å². The quantitative estimate of drug-likeness (QED) is 0.810. The van der Waals surface area contributed by atoms with Gasteiger partial charge in [0.15, 0.2) is 0 Å². The number of nitrogens with two attached hydrogens (primary N) is 1. The van der Waals surface area contributed by atoms with E-state index in [4.69, 9.17) is 17.3 Å². The Morgan fingerprint density at radius 2 is 2.24 bits per heavy atom. The van der Waals surface area contributed by atoms with Crippen LogP contribution in [0.2, 0.25) is 5.02 Å². The number of carbonyl (C=O) groups excluding carboxylic acids is 1. The number of rotatable bonds is 4. The van der Waals surface area contributed by atoms with Crippen molar-refractivity contribution in [1.29, 1.82) is 0 Å². The first-order chi connectivity index (χ1) is 8.16. The summed E-state index contributed by atoms with van der Waals surface area (Å²) in [5, 5.41) is 3.45. The fourth-order valence-electron chi connectivity index (χ4n) is 2.01. The van der Waals surface area contributed by atoms with Crippen LogP contribution in [0.15, 0.2) is 18.2 Å². The highest BCUT2D eigenvalue weighted by atomic mass is 35.5. The van der Waals surface area contributed by atoms with E-state index in [1.165, 1.54) is 19.3 Å². The Morgan fingerprint density at radius 1 is 1.47 bits per heavy atom. The second-order valence-corrected chi connectivity index (χ2v) is 5.01. The number of anilines is 1. The minimum absolute atomic E-state index is 0.113. The standard InChI is InChI=1S/C13H17ClN2O/c14-10-4-5-11(12(15)8-10)13(17)16-7-6-9-2-1-3-9/h4-5,8-9H,1-3,6-7,15H2,(H,16,17). The maximum atomic E-state index is 11.8. The maximum absolute atomic E-state index is 11.8. The number of hydrogen-bond acceptors (Lipinski definition) is 2. The van der Waals surface area contributed by atoms with Gasteiger partial charge in [0, 0.05) is 17.3 Å². The lowest BCUT2D eigenvalue weighted by atomic mass is 9.83. The first-order valence-electron chi connectivity index (χ1n) is 6.00. The molecule has 0 spiro atoms. The van der Waals surface area contributed by atoms with Gasteiger partial charge in [-0.3, -0.25) is 4.79 Å². The van der Waals surface area contributed by atoms with Gasteiger partial charge in [-0.25, -0.2) is 0 Å². The minimum atomic E-state index is -0.113. The molecule has 1 fully saturated rings. The Bertz CT molecular complexity index is 416. The van der Waals surface area contributed by atoms with Gasteiger partial charge in [-0.2, -0.15) is 0 Å². The van der Waals surface area contributed by atoms with Crippen molar-refractivity contribution in [3.63, 3.8) is 0 Å². The molecule has 1 aliphatic rings. The van der Waals surface area contributed by atoms with Crippen LogP contribution < -0.4 is 11.1 Å². The first-order valence-corrected chi connectivity index (χ1v) is 6.38. The Morgan fingerprint density at radius 3 is 2.82 bits per heavy atom. The van der Waals surface area contributed by atoms with E-state index in [2.05, 4.69) is 5.32 Å². The van der Waals surface area contributed by atoms with Gasteiger partial charge in [0.05, 0.1) is 5.56 Å². The molecule has 1 aromatic carbocycles. The number of nitrogens with one attached hydrogen (secondary N) is 1. The van der Waals surface area contributed by atoms with E-state index in [0.29, 0.717) is 16.3 Å². The normalized spacial score (nSPS) is 15.4. The van der Waals surface area contributed by atoms with Crippen LogP contribution in [0.5, 0.6) is 0 Å². The molecule has 3 N–H and O–H groups in total. The predicted molar refractivity (Wildman–Crippen MR) is 70.2 cm³/mol. The van der Waals surface area contributed by atoms with E-state index in [1.54, 1.807) is 18.2 Å². The lowest BCUT2D eigenvalue weighted by Crippen LogP contribution is -2.28. The Hall–Kier alpha value is -1.22. The summed E-state index contributed by atoms with van der Waals surface area (Å²) in [5.41, 5.74) is 6.68. The highest BCUT2D eigenvalue weighted by Crippen LogP contribution is 2.28. The molecular weight excluding hydrogens is 236 g/mol. The predicted octanol–water partition coefficient (Wildman–Crippen LogP) is 2.84. The lowest BCUT2D eigenvalue weighted by Gasteiger charge is -2.25. The van der Waals surface area contributed by atoms with Crippen molar-refractivity contribution in [1.82, 2.24) is 5.32 Å². The van der Waals surface area contributed by atoms with E-state index in [-0.39, 0.29) is 5.91 Å². The van der Waals surface area contributed by atoms with Gasteiger partial charge >= 0.3 is 0 Å². The smallest absolute Gasteiger partial charge is 0.253 e. The fraction of sp³-hybridized carbons (Fsp3) is 0.462. The third-order valence-electron chi connectivity index (χ3n) is 3.32. The SMILES string of the molecule is Nc1cc(Cl)ccc1C(=O)NCCC1CCC1. The molecule has 1 aromatic rings. The molecule has 1 amide bonds. The van der Waals surface area contributed by atoms with Crippen LogP contribution in [0.1, 0.15) is 36.0 Å². The number of amides is 1. The van der Waals surface area contributed by atoms with Crippen molar-refractivity contribution in [2.45, 2.75) is 25.7 Å². The zero-order valence-corrected chi connectivity index (χ0v) is 10.5. The summed E-state index contributed by atoms with van der Waals surface area (Å²) in [6, 6.07) is 4.94. The molecule has 2 rings (SSSR count). The van der Waals surface area contributed by atoms with Gasteiger partial charge in [-0.15, -0.1) is 0 Å². The van der Waals surface area contributed by atoms with E-state index >= 15 is 0 Å². The van der Waals surface area contributed by atoms with E-state index in [0.717, 1.165) is 18.9 Å². The zero-order chi connectivity index (χ0) is 12.3. The number of carbonyl (C=O) groups is 1. The van der Waals surface area contributed by atoms with Crippen molar-refractivity contribution in [3.05, 3.63) is 28.8 Å². The van der Waals surface area contributed by atoms with Crippen LogP contribution >= 0.6 is 11.6 Å². The number of nitrogen functional groups attached to an aromatic ring is 1. The summed E-state index contributed by atoms with van der Waals surface area (Å²) in [6.07, 6.45) is 5.01. The average molecular weight is 253 g/mol. The third kappa shape index (κ3) is 3.13. The minimum Gasteiger partial charge on any atom is -0.398 e. The van der Waals surface area contributed by atoms with Crippen LogP contribution in [0.3, 0.4) is 0 Å². The molecule has 4 heteroatoms. The lowest BCUT2D eigenvalue weighted by molar-refractivity contribution is 0.0950. The highest BCUT2D eigenvalue weighted by molar-refractivity contribution is 6.31. The zero-order valence-electron chi connectivity index (χ0n) is 9.71. The van der Waals surface area contributed by atoms with Crippen LogP contribution in [0, 0.1) is 5.92 Å². The topological polar surface area (TPSA) is 55.1 Å². The Labute approximate surface area is 106 Å². The second-order valence-electron chi connectivity index (χ2n) is 4.57. The molecule has 17 heavy (non-hydrogen) atoms. The van der Waals surface area contributed by atoms with Crippen LogP contribution in [0.4, 0.5) is 5.69 Å². The molecule has 0 unspecified atom stereocenters. The van der Waals surface area contributed by atoms with Gasteiger partial charge in [-0.1, -0.05) is 30.9 Å². The molecule has 0 aromatic heterocycles. The molecule has 0 bridgehead atoms. The molecule has 0 atom stereocenters. The molecule has 0 heterocycles. The number of halogens is 1. The van der Waals surface area contributed by atoms with Gasteiger partial charge in [-0.05, 0) is 30.5 Å². The van der Waals surface area contributed by atoms with Gasteiger partial charge < -0.3 is 11.1 Å². The molecular formula is C13H17ClN2O. The largest absolute Gasteiger partial charge is 0.398 e. The molecule has 0 radical (unpaired) electrons. The van der Waals surface area contributed by atoms with Crippen LogP contribution in [-0.2, 0) is 0 Å². The van der Waals surface area contributed by atoms with Crippen LogP contribution in [0.25, 0.3) is 0 Å². The first kappa shape index (κ1) is 12.2. The average Bonchev–Trinajstić information content (AvgIpc) is 2.21. The van der Waals surface area contributed by atoms with Crippen molar-refractivity contribution in [2.24, 2.45) is 5.92 Å². The molecule has 0 aliphatic heterocycles. The van der Waals surface area contributed by atoms with Crippen molar-refractivity contribution < 1.29 is 4.79 Å². The van der Waals surface area contributed by atoms with Crippen LogP contribution in [-0.4, -0.2) is 12.5 Å². The van der Waals surface area contributed by atoms with Gasteiger partial charge in [0.25, 0.3) is 5.91 Å². The monoisotopic (exact) mass is 252 g/mol. The van der Waals surface area contributed by atoms with Gasteiger partial charge in [0.2, 0.25) is 0 Å². The van der Waals surface area contributed by atoms with Gasteiger partial charge in [0.1, 0.15) is 0 Å². The van der Waals surface area contributed by atoms with Crippen molar-refractivity contribution in [3.8, 4) is 0 Å². The summed E-state index contributed by atoms with van der Waals surface area (Å²) in [7, 11) is 0. The van der Waals surface area contributed by atoms with E-state index in [1.807, 2.05) is 0 Å². The summed E-state index contributed by atoms with van der Waals surface area (Å²) in [6.45, 7) is 0.728. The summed E-state index contributed by atoms with van der Waals surface area (Å²) >= 11 is 5.78. The summed E-state index contributed by atoms with van der Waals surface area (Å²) in [5.74, 6) is 0.691. The third-order valence-corrected chi connectivity index (χ3v) is 3.56. The Balaban J connectivity index is 1.85. The highest BCUT2D eigenvalue weighted by Gasteiger charge is 2.17. The Kier molecular flexibility index (Phi) is 3.89. The molecule has 0 saturated heterocycles. The molecule has 1 saturated carbocycles. The number of hydrogen-bond donors (Lipinski definition) is 2. The summed E-state index contributed by atoms with van der Waals surface area (Å²) < 4.78 is 0. The van der Waals surface area contributed by atoms with E-state index in [9.17, 15) is 4.79 Å².